The lowest BCUT2D eigenvalue weighted by atomic mass is 10.0. The fourth-order valence-corrected chi connectivity index (χ4v) is 5.76. The first-order valence-corrected chi connectivity index (χ1v) is 15.1. The molecule has 230 valence electrons. The van der Waals surface area contributed by atoms with E-state index in [1.165, 1.54) is 12.0 Å². The molecule has 3 fully saturated rings. The number of amides is 1. The predicted octanol–water partition coefficient (Wildman–Crippen LogP) is 3.65. The molecule has 1 aromatic heterocycles. The van der Waals surface area contributed by atoms with E-state index in [4.69, 9.17) is 9.47 Å². The molecule has 3 aliphatic heterocycles. The van der Waals surface area contributed by atoms with Crippen molar-refractivity contribution >= 4 is 23.2 Å². The summed E-state index contributed by atoms with van der Waals surface area (Å²) >= 11 is 0. The highest BCUT2D eigenvalue weighted by Gasteiger charge is 2.34. The molecule has 3 saturated heterocycles. The number of hydrogen-bond donors (Lipinski definition) is 1. The lowest BCUT2D eigenvalue weighted by Gasteiger charge is -2.43. The third kappa shape index (κ3) is 6.59. The highest BCUT2D eigenvalue weighted by molar-refractivity contribution is 5.78. The van der Waals surface area contributed by atoms with E-state index in [-0.39, 0.29) is 23.9 Å². The monoisotopic (exact) mass is 600 g/mol. The molecule has 0 spiro atoms. The Kier molecular flexibility index (Phi) is 8.86. The molecule has 0 bridgehead atoms. The predicted molar refractivity (Wildman–Crippen MR) is 163 cm³/mol. The number of alkyl halides is 1. The van der Waals surface area contributed by atoms with Gasteiger partial charge in [0, 0.05) is 62.0 Å². The Morgan fingerprint density at radius 3 is 2.52 bits per heavy atom. The van der Waals surface area contributed by atoms with Gasteiger partial charge in [0.05, 0.1) is 31.4 Å². The normalized spacial score (nSPS) is 21.1. The maximum absolute atomic E-state index is 14.9. The molecule has 1 amide bonds. The molecule has 11 nitrogen and oxygen atoms in total. The Balaban J connectivity index is 1.07. The first-order valence-electron chi connectivity index (χ1n) is 15.1. The molecule has 44 heavy (non-hydrogen) atoms. The molecule has 0 saturated carbocycles. The van der Waals surface area contributed by atoms with E-state index >= 15 is 0 Å². The third-order valence-electron chi connectivity index (χ3n) is 8.44. The van der Waals surface area contributed by atoms with Crippen LogP contribution in [0.15, 0.2) is 48.8 Å². The number of rotatable bonds is 8. The zero-order valence-corrected chi connectivity index (χ0v) is 25.0. The number of aromatic nitrogens is 3. The quantitative estimate of drug-likeness (QED) is 0.410. The number of nitrogens with one attached hydrogen (secondary N) is 1. The van der Waals surface area contributed by atoms with Crippen LogP contribution in [0.25, 0.3) is 11.4 Å². The summed E-state index contributed by atoms with van der Waals surface area (Å²) in [5.74, 6) is 0.800. The van der Waals surface area contributed by atoms with E-state index in [1.54, 1.807) is 36.9 Å². The SMILES string of the molecule is CC(C)C(=O)N1CC[C@H](Oc2ccc(-c3ncnc(Nc4ccc(N5CCN(C6COC6)CC5)cc4)n3)cc2C#N)[C@H](F)C1. The second-order valence-corrected chi connectivity index (χ2v) is 11.7. The van der Waals surface area contributed by atoms with E-state index in [2.05, 4.69) is 48.3 Å². The Morgan fingerprint density at radius 2 is 1.86 bits per heavy atom. The fraction of sp³-hybridized carbons (Fsp3) is 0.469. The van der Waals surface area contributed by atoms with Gasteiger partial charge >= 0.3 is 0 Å². The lowest BCUT2D eigenvalue weighted by Crippen LogP contribution is -2.56. The van der Waals surface area contributed by atoms with Crippen LogP contribution in [0.3, 0.4) is 0 Å². The number of nitrogens with zero attached hydrogens (tertiary/aromatic N) is 7. The summed E-state index contributed by atoms with van der Waals surface area (Å²) in [7, 11) is 0. The minimum Gasteiger partial charge on any atom is -0.486 e. The van der Waals surface area contributed by atoms with Crippen molar-refractivity contribution in [2.75, 3.05) is 62.7 Å². The average Bonchev–Trinajstić information content (AvgIpc) is 3.02. The topological polar surface area (TPSA) is 120 Å². The molecule has 0 unspecified atom stereocenters. The molecule has 4 heterocycles. The van der Waals surface area contributed by atoms with Crippen LogP contribution < -0.4 is 15.0 Å². The number of carbonyl (C=O) groups excluding carboxylic acids is 1. The van der Waals surface area contributed by atoms with Gasteiger partial charge in [0.25, 0.3) is 0 Å². The van der Waals surface area contributed by atoms with E-state index in [9.17, 15) is 14.4 Å². The summed E-state index contributed by atoms with van der Waals surface area (Å²) in [6, 6.07) is 15.9. The van der Waals surface area contributed by atoms with Crippen molar-refractivity contribution in [1.82, 2.24) is 24.8 Å². The van der Waals surface area contributed by atoms with Crippen molar-refractivity contribution in [3.63, 3.8) is 0 Å². The zero-order valence-electron chi connectivity index (χ0n) is 25.0. The number of piperazine rings is 1. The summed E-state index contributed by atoms with van der Waals surface area (Å²) in [5.41, 5.74) is 2.88. The number of hydrogen-bond acceptors (Lipinski definition) is 10. The van der Waals surface area contributed by atoms with Crippen LogP contribution >= 0.6 is 0 Å². The van der Waals surface area contributed by atoms with Crippen molar-refractivity contribution in [2.45, 2.75) is 38.6 Å². The summed E-state index contributed by atoms with van der Waals surface area (Å²) in [5, 5.41) is 13.1. The molecule has 0 radical (unpaired) electrons. The number of benzene rings is 2. The summed E-state index contributed by atoms with van der Waals surface area (Å²) in [4.78, 5) is 31.8. The number of halogens is 1. The molecule has 2 atom stereocenters. The number of anilines is 3. The van der Waals surface area contributed by atoms with Gasteiger partial charge in [-0.25, -0.2) is 14.4 Å². The first-order chi connectivity index (χ1) is 21.4. The van der Waals surface area contributed by atoms with Crippen LogP contribution in [0.1, 0.15) is 25.8 Å². The van der Waals surface area contributed by atoms with Gasteiger partial charge in [-0.15, -0.1) is 0 Å². The summed E-state index contributed by atoms with van der Waals surface area (Å²) < 4.78 is 26.2. The van der Waals surface area contributed by atoms with Crippen molar-refractivity contribution in [2.24, 2.45) is 5.92 Å². The number of ether oxygens (including phenoxy) is 2. The smallest absolute Gasteiger partial charge is 0.230 e. The highest BCUT2D eigenvalue weighted by atomic mass is 19.1. The molecule has 6 rings (SSSR count). The van der Waals surface area contributed by atoms with Crippen LogP contribution in [0.4, 0.5) is 21.7 Å². The molecule has 0 aliphatic carbocycles. The van der Waals surface area contributed by atoms with Gasteiger partial charge in [0.15, 0.2) is 12.0 Å². The minimum atomic E-state index is -1.35. The number of nitriles is 1. The van der Waals surface area contributed by atoms with Gasteiger partial charge in [-0.3, -0.25) is 9.69 Å². The molecule has 3 aliphatic rings. The summed E-state index contributed by atoms with van der Waals surface area (Å²) in [6.07, 6.45) is -0.317. The fourth-order valence-electron chi connectivity index (χ4n) is 5.76. The maximum Gasteiger partial charge on any atom is 0.230 e. The van der Waals surface area contributed by atoms with Gasteiger partial charge in [0.1, 0.15) is 24.3 Å². The van der Waals surface area contributed by atoms with Crippen LogP contribution in [0.2, 0.25) is 0 Å². The van der Waals surface area contributed by atoms with Crippen LogP contribution in [-0.4, -0.2) is 101 Å². The number of piperidine rings is 1. The molecular formula is C32H37FN8O3. The van der Waals surface area contributed by atoms with Crippen molar-refractivity contribution in [3.05, 3.63) is 54.4 Å². The van der Waals surface area contributed by atoms with Crippen LogP contribution in [0.5, 0.6) is 5.75 Å². The van der Waals surface area contributed by atoms with E-state index in [0.29, 0.717) is 42.1 Å². The lowest BCUT2D eigenvalue weighted by molar-refractivity contribution is -0.138. The Morgan fingerprint density at radius 1 is 1.09 bits per heavy atom. The highest BCUT2D eigenvalue weighted by Crippen LogP contribution is 2.29. The van der Waals surface area contributed by atoms with E-state index in [1.807, 2.05) is 12.1 Å². The first kappa shape index (κ1) is 29.7. The van der Waals surface area contributed by atoms with Crippen LogP contribution in [0, 0.1) is 17.2 Å². The molecular weight excluding hydrogens is 563 g/mol. The Bertz CT molecular complexity index is 1500. The van der Waals surface area contributed by atoms with Crippen LogP contribution in [-0.2, 0) is 9.53 Å². The summed E-state index contributed by atoms with van der Waals surface area (Å²) in [6.45, 7) is 9.76. The number of carbonyl (C=O) groups is 1. The van der Waals surface area contributed by atoms with Gasteiger partial charge < -0.3 is 24.6 Å². The number of likely N-dealkylation sites (tertiary alicyclic amines) is 1. The van der Waals surface area contributed by atoms with Gasteiger partial charge in [0.2, 0.25) is 11.9 Å². The van der Waals surface area contributed by atoms with Crippen molar-refractivity contribution < 1.29 is 18.7 Å². The van der Waals surface area contributed by atoms with Crippen molar-refractivity contribution in [1.29, 1.82) is 5.26 Å². The van der Waals surface area contributed by atoms with E-state index < -0.39 is 12.3 Å². The van der Waals surface area contributed by atoms with Crippen molar-refractivity contribution in [3.8, 4) is 23.2 Å². The molecule has 1 N–H and O–H groups in total. The standard InChI is InChI=1S/C32H37FN8O3/c1-21(2)31(42)41-10-9-29(27(33)17-41)44-28-8-3-22(15-23(28)16-34)30-35-20-36-32(38-30)37-24-4-6-25(7-5-24)39-11-13-40(14-12-39)26-18-43-19-26/h3-8,15,20-21,26-27,29H,9-14,17-19H2,1-2H3,(H,35,36,37,38)/t27-,29+/m1/s1. The van der Waals surface area contributed by atoms with Gasteiger partial charge in [-0.2, -0.15) is 10.2 Å². The van der Waals surface area contributed by atoms with Gasteiger partial charge in [-0.05, 0) is 42.5 Å². The average molecular weight is 601 g/mol. The molecule has 3 aromatic rings. The second-order valence-electron chi connectivity index (χ2n) is 11.7. The van der Waals surface area contributed by atoms with Gasteiger partial charge in [-0.1, -0.05) is 13.8 Å². The minimum absolute atomic E-state index is 0.0153. The maximum atomic E-state index is 14.9. The Hall–Kier alpha value is -4.34. The van der Waals surface area contributed by atoms with E-state index in [0.717, 1.165) is 45.1 Å². The molecule has 12 heteroatoms. The largest absolute Gasteiger partial charge is 0.486 e. The second kappa shape index (κ2) is 13.1. The third-order valence-corrected chi connectivity index (χ3v) is 8.44. The zero-order chi connectivity index (χ0) is 30.6. The molecule has 2 aromatic carbocycles. The Labute approximate surface area is 256 Å².